The van der Waals surface area contributed by atoms with Crippen LogP contribution in [0.2, 0.25) is 0 Å². The molecule has 37 heavy (non-hydrogen) atoms. The van der Waals surface area contributed by atoms with Gasteiger partial charge in [0.15, 0.2) is 12.2 Å². The second-order valence-electron chi connectivity index (χ2n) is 8.55. The normalized spacial score (nSPS) is 28.0. The molecule has 1 N–H and O–H groups in total. The molecule has 2 heterocycles. The number of hydrogen-bond donors (Lipinski definition) is 1. The van der Waals surface area contributed by atoms with Gasteiger partial charge in [0.25, 0.3) is 5.91 Å². The van der Waals surface area contributed by atoms with Gasteiger partial charge in [-0.2, -0.15) is 0 Å². The standard InChI is InChI=1S/C23H33NO13/c1-6-32-23(31)15-8-7-9-24(15)22(30)21(36-14(5)28)20-17(29)19(35-13(4)27)18(34-12(3)26)16(37-20)10-33-11(2)25/h15-21,29H,6-10H2,1-5H3/t15?,16-,17-,18-,19-,20?,21?/m1/s1. The van der Waals surface area contributed by atoms with Crippen LogP contribution in [0.4, 0.5) is 0 Å². The number of likely N-dealkylation sites (tertiary alicyclic amines) is 1. The molecule has 0 spiro atoms. The van der Waals surface area contributed by atoms with Gasteiger partial charge < -0.3 is 38.4 Å². The maximum atomic E-state index is 13.6. The minimum Gasteiger partial charge on any atom is -0.464 e. The first-order chi connectivity index (χ1) is 17.4. The molecule has 0 aliphatic carbocycles. The molecule has 0 aromatic heterocycles. The lowest BCUT2D eigenvalue weighted by Gasteiger charge is -2.45. The molecular weight excluding hydrogens is 498 g/mol. The fraction of sp³-hybridized carbons (Fsp3) is 0.739. The Kier molecular flexibility index (Phi) is 10.8. The number of amides is 1. The van der Waals surface area contributed by atoms with Crippen molar-refractivity contribution >= 4 is 35.8 Å². The summed E-state index contributed by atoms with van der Waals surface area (Å²) >= 11 is 0. The van der Waals surface area contributed by atoms with Gasteiger partial charge in [0.05, 0.1) is 6.61 Å². The molecule has 14 nitrogen and oxygen atoms in total. The molecule has 2 aliphatic rings. The van der Waals surface area contributed by atoms with E-state index >= 15 is 0 Å². The number of hydrogen-bond acceptors (Lipinski definition) is 13. The highest BCUT2D eigenvalue weighted by Crippen LogP contribution is 2.31. The average Bonchev–Trinajstić information content (AvgIpc) is 3.28. The largest absolute Gasteiger partial charge is 0.464 e. The first kappa shape index (κ1) is 30.0. The van der Waals surface area contributed by atoms with Crippen molar-refractivity contribution in [1.82, 2.24) is 4.90 Å². The summed E-state index contributed by atoms with van der Waals surface area (Å²) < 4.78 is 31.5. The van der Waals surface area contributed by atoms with Gasteiger partial charge in [-0.3, -0.25) is 24.0 Å². The van der Waals surface area contributed by atoms with Crippen LogP contribution >= 0.6 is 0 Å². The predicted molar refractivity (Wildman–Crippen MR) is 119 cm³/mol. The molecule has 3 unspecified atom stereocenters. The van der Waals surface area contributed by atoms with Gasteiger partial charge in [0, 0.05) is 34.2 Å². The van der Waals surface area contributed by atoms with E-state index < -0.39 is 85.0 Å². The third-order valence-electron chi connectivity index (χ3n) is 5.68. The van der Waals surface area contributed by atoms with Crippen LogP contribution in [0.3, 0.4) is 0 Å². The molecule has 2 rings (SSSR count). The van der Waals surface area contributed by atoms with E-state index in [0.717, 1.165) is 27.7 Å². The van der Waals surface area contributed by atoms with Crippen LogP contribution in [0.5, 0.6) is 0 Å². The van der Waals surface area contributed by atoms with Crippen LogP contribution in [0.25, 0.3) is 0 Å². The summed E-state index contributed by atoms with van der Waals surface area (Å²) in [6.07, 6.45) is -8.84. The highest BCUT2D eigenvalue weighted by Gasteiger charge is 2.55. The Morgan fingerprint density at radius 3 is 2.08 bits per heavy atom. The van der Waals surface area contributed by atoms with Gasteiger partial charge in [-0.15, -0.1) is 0 Å². The first-order valence-corrected chi connectivity index (χ1v) is 11.8. The van der Waals surface area contributed by atoms with Gasteiger partial charge in [-0.25, -0.2) is 4.79 Å². The van der Waals surface area contributed by atoms with Crippen molar-refractivity contribution in [1.29, 1.82) is 0 Å². The lowest BCUT2D eigenvalue weighted by molar-refractivity contribution is -0.262. The van der Waals surface area contributed by atoms with Crippen molar-refractivity contribution < 1.29 is 62.3 Å². The van der Waals surface area contributed by atoms with E-state index in [9.17, 15) is 33.9 Å². The van der Waals surface area contributed by atoms with Crippen LogP contribution in [0, 0.1) is 0 Å². The Morgan fingerprint density at radius 2 is 1.54 bits per heavy atom. The Morgan fingerprint density at radius 1 is 0.919 bits per heavy atom. The monoisotopic (exact) mass is 531 g/mol. The highest BCUT2D eigenvalue weighted by molar-refractivity contribution is 5.89. The van der Waals surface area contributed by atoms with Crippen molar-refractivity contribution in [3.8, 4) is 0 Å². The second-order valence-corrected chi connectivity index (χ2v) is 8.55. The molecule has 0 saturated carbocycles. The van der Waals surface area contributed by atoms with Gasteiger partial charge in [0.1, 0.15) is 31.0 Å². The minimum atomic E-state index is -1.83. The summed E-state index contributed by atoms with van der Waals surface area (Å²) in [6.45, 7) is 5.61. The predicted octanol–water partition coefficient (Wildman–Crippen LogP) is -0.973. The second kappa shape index (κ2) is 13.3. The lowest BCUT2D eigenvalue weighted by atomic mass is 9.91. The molecule has 14 heteroatoms. The molecule has 0 aromatic carbocycles. The van der Waals surface area contributed by atoms with Crippen molar-refractivity contribution in [3.63, 3.8) is 0 Å². The fourth-order valence-electron chi connectivity index (χ4n) is 4.31. The maximum Gasteiger partial charge on any atom is 0.328 e. The Balaban J connectivity index is 2.47. The first-order valence-electron chi connectivity index (χ1n) is 11.8. The third kappa shape index (κ3) is 7.86. The summed E-state index contributed by atoms with van der Waals surface area (Å²) in [4.78, 5) is 74.1. The van der Waals surface area contributed by atoms with Crippen LogP contribution in [-0.2, 0) is 57.2 Å². The van der Waals surface area contributed by atoms with Gasteiger partial charge in [-0.05, 0) is 19.8 Å². The maximum absolute atomic E-state index is 13.6. The number of aliphatic hydroxyl groups is 1. The number of carbonyl (C=O) groups is 6. The topological polar surface area (TPSA) is 181 Å². The number of rotatable bonds is 9. The van der Waals surface area contributed by atoms with Crippen molar-refractivity contribution in [2.24, 2.45) is 0 Å². The molecule has 2 saturated heterocycles. The highest BCUT2D eigenvalue weighted by atomic mass is 16.6. The lowest BCUT2D eigenvalue weighted by Crippen LogP contribution is -2.66. The smallest absolute Gasteiger partial charge is 0.328 e. The van der Waals surface area contributed by atoms with Crippen molar-refractivity contribution in [3.05, 3.63) is 0 Å². The Labute approximate surface area is 213 Å². The molecule has 208 valence electrons. The summed E-state index contributed by atoms with van der Waals surface area (Å²) in [6, 6.07) is -0.943. The van der Waals surface area contributed by atoms with Crippen LogP contribution in [0.1, 0.15) is 47.5 Å². The summed E-state index contributed by atoms with van der Waals surface area (Å²) in [5, 5.41) is 11.1. The number of carbonyl (C=O) groups excluding carboxylic acids is 6. The quantitative estimate of drug-likeness (QED) is 0.284. The van der Waals surface area contributed by atoms with Crippen LogP contribution in [-0.4, -0.2) is 108 Å². The van der Waals surface area contributed by atoms with E-state index in [1.54, 1.807) is 6.92 Å². The Hall–Kier alpha value is -3.26. The molecule has 7 atom stereocenters. The number of ether oxygens (including phenoxy) is 6. The zero-order valence-corrected chi connectivity index (χ0v) is 21.4. The zero-order valence-electron chi connectivity index (χ0n) is 21.4. The van der Waals surface area contributed by atoms with Gasteiger partial charge in [-0.1, -0.05) is 0 Å². The minimum absolute atomic E-state index is 0.0919. The van der Waals surface area contributed by atoms with E-state index in [1.807, 2.05) is 0 Å². The van der Waals surface area contributed by atoms with E-state index in [4.69, 9.17) is 28.4 Å². The van der Waals surface area contributed by atoms with E-state index in [0.29, 0.717) is 12.8 Å². The number of nitrogens with zero attached hydrogens (tertiary/aromatic N) is 1. The van der Waals surface area contributed by atoms with E-state index in [-0.39, 0.29) is 13.2 Å². The fourth-order valence-corrected chi connectivity index (χ4v) is 4.31. The summed E-state index contributed by atoms with van der Waals surface area (Å²) in [7, 11) is 0. The van der Waals surface area contributed by atoms with Crippen LogP contribution < -0.4 is 0 Å². The molecule has 1 amide bonds. The molecule has 2 aliphatic heterocycles. The molecular formula is C23H33NO13. The molecule has 0 bridgehead atoms. The molecule has 2 fully saturated rings. The zero-order chi connectivity index (χ0) is 27.9. The van der Waals surface area contributed by atoms with E-state index in [2.05, 4.69) is 0 Å². The molecule has 0 radical (unpaired) electrons. The van der Waals surface area contributed by atoms with Gasteiger partial charge >= 0.3 is 29.8 Å². The number of aliphatic hydroxyl groups excluding tert-OH is 1. The Bertz CT molecular complexity index is 890. The van der Waals surface area contributed by atoms with Crippen molar-refractivity contribution in [2.45, 2.75) is 90.1 Å². The van der Waals surface area contributed by atoms with Crippen molar-refractivity contribution in [2.75, 3.05) is 19.8 Å². The van der Waals surface area contributed by atoms with Crippen LogP contribution in [0.15, 0.2) is 0 Å². The third-order valence-corrected chi connectivity index (χ3v) is 5.68. The van der Waals surface area contributed by atoms with E-state index in [1.165, 1.54) is 4.90 Å². The van der Waals surface area contributed by atoms with Gasteiger partial charge in [0.2, 0.25) is 6.10 Å². The SMILES string of the molecule is CCOC(=O)C1CCCN1C(=O)C(OC(C)=O)C1O[C@H](COC(C)=O)[C@@H](OC(C)=O)[C@H](OC(C)=O)[C@H]1O. The number of esters is 5. The average molecular weight is 532 g/mol. The molecule has 0 aromatic rings. The summed E-state index contributed by atoms with van der Waals surface area (Å²) in [5.74, 6) is -4.77. The summed E-state index contributed by atoms with van der Waals surface area (Å²) in [5.41, 5.74) is 0.